The van der Waals surface area contributed by atoms with Gasteiger partial charge in [-0.1, -0.05) is 0 Å². The zero-order valence-electron chi connectivity index (χ0n) is 23.9. The highest BCUT2D eigenvalue weighted by Gasteiger charge is 2.26. The molecule has 1 amide bonds. The molecule has 0 saturated heterocycles. The number of ether oxygens (including phenoxy) is 3. The van der Waals surface area contributed by atoms with Crippen LogP contribution in [0, 0.1) is 6.92 Å². The molecule has 0 radical (unpaired) electrons. The van der Waals surface area contributed by atoms with Crippen LogP contribution in [0.1, 0.15) is 36.8 Å². The van der Waals surface area contributed by atoms with Gasteiger partial charge in [0, 0.05) is 36.8 Å². The number of nitrogens with zero attached hydrogens (tertiary/aromatic N) is 2. The maximum absolute atomic E-state index is 13.3. The molecule has 0 unspecified atom stereocenters. The molecule has 1 N–H and O–H groups in total. The topological polar surface area (TPSA) is 144 Å². The molecule has 1 atom stereocenters. The van der Waals surface area contributed by atoms with Gasteiger partial charge in [-0.2, -0.15) is 5.10 Å². The SMILES string of the molecule is CCOP(=O)(Cn1nc(NC(=O)c2cc(Oc3ccc(S(C)(=O)=O)cc3)cc(O[C@@H](C)COC)c2)cc1C)OCC. The zero-order valence-corrected chi connectivity index (χ0v) is 25.7. The number of amides is 1. The van der Waals surface area contributed by atoms with E-state index in [1.807, 2.05) is 6.92 Å². The molecule has 14 heteroatoms. The molecule has 1 aromatic heterocycles. The van der Waals surface area contributed by atoms with Gasteiger partial charge in [-0.3, -0.25) is 14.0 Å². The molecule has 0 bridgehead atoms. The van der Waals surface area contributed by atoms with E-state index in [1.54, 1.807) is 46.1 Å². The Morgan fingerprint density at radius 1 is 1.02 bits per heavy atom. The number of sulfone groups is 1. The Balaban J connectivity index is 1.86. The van der Waals surface area contributed by atoms with Crippen LogP contribution < -0.4 is 14.8 Å². The van der Waals surface area contributed by atoms with Gasteiger partial charge in [-0.25, -0.2) is 8.42 Å². The number of hydrogen-bond acceptors (Lipinski definition) is 10. The van der Waals surface area contributed by atoms with E-state index in [-0.39, 0.29) is 41.9 Å². The van der Waals surface area contributed by atoms with E-state index < -0.39 is 23.3 Å². The Morgan fingerprint density at radius 2 is 1.66 bits per heavy atom. The third kappa shape index (κ3) is 9.40. The monoisotopic (exact) mass is 609 g/mol. The van der Waals surface area contributed by atoms with E-state index in [4.69, 9.17) is 23.3 Å². The Labute approximate surface area is 240 Å². The number of benzene rings is 2. The van der Waals surface area contributed by atoms with Gasteiger partial charge in [0.1, 0.15) is 29.6 Å². The van der Waals surface area contributed by atoms with E-state index in [1.165, 1.54) is 35.0 Å². The van der Waals surface area contributed by atoms with Crippen molar-refractivity contribution in [3.8, 4) is 17.2 Å². The summed E-state index contributed by atoms with van der Waals surface area (Å²) in [6.45, 7) is 7.79. The van der Waals surface area contributed by atoms with Crippen LogP contribution in [0.5, 0.6) is 17.2 Å². The van der Waals surface area contributed by atoms with Crippen molar-refractivity contribution >= 4 is 29.2 Å². The van der Waals surface area contributed by atoms with Crippen LogP contribution >= 0.6 is 7.60 Å². The molecule has 1 heterocycles. The summed E-state index contributed by atoms with van der Waals surface area (Å²) in [5, 5.41) is 7.11. The molecule has 3 aromatic rings. The molecule has 0 saturated carbocycles. The molecule has 12 nitrogen and oxygen atoms in total. The van der Waals surface area contributed by atoms with Crippen LogP contribution in [-0.4, -0.2) is 63.4 Å². The maximum atomic E-state index is 13.3. The third-order valence-corrected chi connectivity index (χ3v) is 8.60. The molecule has 224 valence electrons. The highest BCUT2D eigenvalue weighted by atomic mass is 32.2. The van der Waals surface area contributed by atoms with Crippen molar-refractivity contribution in [2.75, 3.05) is 38.5 Å². The Morgan fingerprint density at radius 3 is 2.24 bits per heavy atom. The number of aromatic nitrogens is 2. The van der Waals surface area contributed by atoms with Gasteiger partial charge in [0.05, 0.1) is 24.7 Å². The summed E-state index contributed by atoms with van der Waals surface area (Å²) in [6.07, 6.45) is 0.703. The largest absolute Gasteiger partial charge is 0.488 e. The fraction of sp³-hybridized carbons (Fsp3) is 0.407. The van der Waals surface area contributed by atoms with Crippen molar-refractivity contribution in [1.82, 2.24) is 9.78 Å². The number of anilines is 1. The number of carbonyl (C=O) groups is 1. The predicted octanol–water partition coefficient (Wildman–Crippen LogP) is 5.28. The summed E-state index contributed by atoms with van der Waals surface area (Å²) in [4.78, 5) is 13.4. The molecule has 41 heavy (non-hydrogen) atoms. The fourth-order valence-corrected chi connectivity index (χ4v) is 6.07. The van der Waals surface area contributed by atoms with Gasteiger partial charge in [0.15, 0.2) is 15.7 Å². The quantitative estimate of drug-likeness (QED) is 0.226. The number of methoxy groups -OCH3 is 1. The minimum atomic E-state index is -3.41. The summed E-state index contributed by atoms with van der Waals surface area (Å²) in [6, 6.07) is 12.3. The second-order valence-electron chi connectivity index (χ2n) is 9.14. The van der Waals surface area contributed by atoms with Crippen molar-refractivity contribution in [2.45, 2.75) is 45.0 Å². The van der Waals surface area contributed by atoms with Gasteiger partial charge in [-0.05, 0) is 64.1 Å². The Bertz CT molecular complexity index is 1480. The van der Waals surface area contributed by atoms with Gasteiger partial charge >= 0.3 is 7.60 Å². The van der Waals surface area contributed by atoms with E-state index in [0.717, 1.165) is 6.26 Å². The molecule has 3 rings (SSSR count). The average molecular weight is 610 g/mol. The number of hydrogen-bond donors (Lipinski definition) is 1. The van der Waals surface area contributed by atoms with Crippen LogP contribution in [0.2, 0.25) is 0 Å². The summed E-state index contributed by atoms with van der Waals surface area (Å²) in [5.74, 6) is 0.772. The maximum Gasteiger partial charge on any atom is 0.351 e. The highest BCUT2D eigenvalue weighted by molar-refractivity contribution is 7.90. The fourth-order valence-electron chi connectivity index (χ4n) is 3.80. The van der Waals surface area contributed by atoms with Crippen molar-refractivity contribution in [1.29, 1.82) is 0 Å². The lowest BCUT2D eigenvalue weighted by molar-refractivity contribution is 0.0915. The lowest BCUT2D eigenvalue weighted by Gasteiger charge is -2.17. The van der Waals surface area contributed by atoms with Crippen molar-refractivity contribution in [3.05, 3.63) is 59.8 Å². The first kappa shape index (κ1) is 32.3. The van der Waals surface area contributed by atoms with Crippen molar-refractivity contribution in [2.24, 2.45) is 0 Å². The molecule has 2 aromatic carbocycles. The summed E-state index contributed by atoms with van der Waals surface area (Å²) in [7, 11) is -5.22. The second kappa shape index (κ2) is 14.1. The number of aryl methyl sites for hydroxylation is 1. The zero-order chi connectivity index (χ0) is 30.2. The van der Waals surface area contributed by atoms with Crippen molar-refractivity contribution < 1.29 is 41.0 Å². The lowest BCUT2D eigenvalue weighted by Crippen LogP contribution is -2.18. The average Bonchev–Trinajstić information content (AvgIpc) is 3.21. The molecule has 0 aliphatic heterocycles. The Hall–Kier alpha value is -3.22. The summed E-state index contributed by atoms with van der Waals surface area (Å²) in [5.41, 5.74) is 0.864. The van der Waals surface area contributed by atoms with Crippen molar-refractivity contribution in [3.63, 3.8) is 0 Å². The summed E-state index contributed by atoms with van der Waals surface area (Å²) < 4.78 is 65.7. The van der Waals surface area contributed by atoms with E-state index in [0.29, 0.717) is 29.5 Å². The minimum Gasteiger partial charge on any atom is -0.488 e. The minimum absolute atomic E-state index is 0.104. The standard InChI is InChI=1S/C27H36N3O9PS/c1-7-36-40(32,37-8-2)18-30-19(3)13-26(29-30)28-27(31)21-14-23(38-20(4)17-35-5)16-24(15-21)39-22-9-11-25(12-10-22)41(6,33)34/h9-16,20H,7-8,17-18H2,1-6H3,(H,28,29,31)/t20-/m0/s1. The van der Waals surface area contributed by atoms with Crippen LogP contribution in [0.15, 0.2) is 53.4 Å². The highest BCUT2D eigenvalue weighted by Crippen LogP contribution is 2.49. The van der Waals surface area contributed by atoms with Crippen LogP contribution in [0.3, 0.4) is 0 Å². The molecule has 0 aliphatic carbocycles. The summed E-state index contributed by atoms with van der Waals surface area (Å²) >= 11 is 0. The molecular formula is C27H36N3O9PS. The van der Waals surface area contributed by atoms with Crippen LogP contribution in [0.4, 0.5) is 5.82 Å². The second-order valence-corrected chi connectivity index (χ2v) is 13.2. The first-order valence-corrected chi connectivity index (χ1v) is 16.5. The number of rotatable bonds is 15. The van der Waals surface area contributed by atoms with Crippen LogP contribution in [0.25, 0.3) is 0 Å². The lowest BCUT2D eigenvalue weighted by atomic mass is 10.2. The Kier molecular flexibility index (Phi) is 11.1. The van der Waals surface area contributed by atoms with Gasteiger partial charge in [0.25, 0.3) is 5.91 Å². The number of carbonyl (C=O) groups excluding carboxylic acids is 1. The first-order valence-electron chi connectivity index (χ1n) is 12.9. The van der Waals surface area contributed by atoms with Gasteiger partial charge in [0.2, 0.25) is 0 Å². The van der Waals surface area contributed by atoms with Crippen LogP contribution in [-0.2, 0) is 34.5 Å². The van der Waals surface area contributed by atoms with Gasteiger partial charge < -0.3 is 28.6 Å². The molecular weight excluding hydrogens is 573 g/mol. The normalized spacial score (nSPS) is 12.6. The molecule has 0 spiro atoms. The smallest absolute Gasteiger partial charge is 0.351 e. The third-order valence-electron chi connectivity index (χ3n) is 5.55. The van der Waals surface area contributed by atoms with E-state index >= 15 is 0 Å². The first-order chi connectivity index (χ1) is 19.4. The predicted molar refractivity (Wildman–Crippen MR) is 154 cm³/mol. The van der Waals surface area contributed by atoms with Gasteiger partial charge in [-0.15, -0.1) is 0 Å². The molecule has 0 fully saturated rings. The number of nitrogens with one attached hydrogen (secondary N) is 1. The van der Waals surface area contributed by atoms with E-state index in [2.05, 4.69) is 10.4 Å². The van der Waals surface area contributed by atoms with E-state index in [9.17, 15) is 17.8 Å². The molecule has 0 aliphatic rings.